The summed E-state index contributed by atoms with van der Waals surface area (Å²) >= 11 is 1.39. The molecule has 0 aliphatic rings. The van der Waals surface area contributed by atoms with Crippen LogP contribution in [0.15, 0.2) is 64.8 Å². The fourth-order valence-corrected chi connectivity index (χ4v) is 3.89. The lowest BCUT2D eigenvalue weighted by atomic mass is 10.0. The number of nitrogens with zero attached hydrogens (tertiary/aromatic N) is 2. The number of carbonyl (C=O) groups excluding carboxylic acids is 1. The Morgan fingerprint density at radius 1 is 1.14 bits per heavy atom. The van der Waals surface area contributed by atoms with Crippen LogP contribution in [0.1, 0.15) is 15.2 Å². The van der Waals surface area contributed by atoms with Gasteiger partial charge in [0.05, 0.1) is 23.1 Å². The van der Waals surface area contributed by atoms with Crippen LogP contribution in [0, 0.1) is 0 Å². The average molecular weight is 405 g/mol. The summed E-state index contributed by atoms with van der Waals surface area (Å²) < 4.78 is 6.81. The van der Waals surface area contributed by atoms with Crippen LogP contribution in [-0.2, 0) is 13.6 Å². The van der Waals surface area contributed by atoms with Crippen molar-refractivity contribution >= 4 is 28.0 Å². The first-order valence-electron chi connectivity index (χ1n) is 9.03. The van der Waals surface area contributed by atoms with Crippen molar-refractivity contribution < 1.29 is 9.53 Å². The van der Waals surface area contributed by atoms with Crippen LogP contribution in [0.3, 0.4) is 0 Å². The van der Waals surface area contributed by atoms with Gasteiger partial charge in [-0.05, 0) is 35.7 Å². The predicted octanol–water partition coefficient (Wildman–Crippen LogP) is 3.60. The second-order valence-electron chi connectivity index (χ2n) is 6.51. The summed E-state index contributed by atoms with van der Waals surface area (Å²) in [7, 11) is 3.24. The summed E-state index contributed by atoms with van der Waals surface area (Å²) in [5.41, 5.74) is 2.24. The van der Waals surface area contributed by atoms with Gasteiger partial charge in [-0.25, -0.2) is 4.68 Å². The number of nitrogens with one attached hydrogen (secondary N) is 1. The number of amides is 1. The number of hydrogen-bond donors (Lipinski definition) is 1. The summed E-state index contributed by atoms with van der Waals surface area (Å²) in [4.78, 5) is 25.4. The standard InChI is InChI=1S/C22H19N3O3S/c1-25-22(27)17-7-4-3-6-16(17)20(24-25)14-9-10-18(28-2)15(12-14)13-23-21(26)19-8-5-11-29-19/h3-12H,13H2,1-2H3,(H,23,26). The van der Waals surface area contributed by atoms with Crippen LogP contribution in [0.25, 0.3) is 22.0 Å². The molecule has 0 spiro atoms. The summed E-state index contributed by atoms with van der Waals surface area (Å²) in [6.45, 7) is 0.317. The largest absolute Gasteiger partial charge is 0.496 e. The number of fused-ring (bicyclic) bond motifs is 1. The summed E-state index contributed by atoms with van der Waals surface area (Å²) in [6.07, 6.45) is 0. The first kappa shape index (κ1) is 18.9. The molecule has 0 unspecified atom stereocenters. The topological polar surface area (TPSA) is 73.2 Å². The molecule has 2 aromatic heterocycles. The molecule has 4 rings (SSSR count). The Balaban J connectivity index is 1.74. The van der Waals surface area contributed by atoms with E-state index in [1.807, 2.05) is 47.8 Å². The zero-order valence-corrected chi connectivity index (χ0v) is 16.8. The van der Waals surface area contributed by atoms with E-state index in [1.54, 1.807) is 26.3 Å². The number of rotatable bonds is 5. The molecule has 0 atom stereocenters. The van der Waals surface area contributed by atoms with Gasteiger partial charge in [-0.1, -0.05) is 24.3 Å². The number of ether oxygens (including phenoxy) is 1. The molecular weight excluding hydrogens is 386 g/mol. The molecule has 6 nitrogen and oxygen atoms in total. The molecule has 0 aliphatic heterocycles. The second kappa shape index (κ2) is 7.89. The predicted molar refractivity (Wildman–Crippen MR) is 114 cm³/mol. The molecular formula is C22H19N3O3S. The highest BCUT2D eigenvalue weighted by Crippen LogP contribution is 2.29. The van der Waals surface area contributed by atoms with Crippen molar-refractivity contribution in [1.82, 2.24) is 15.1 Å². The van der Waals surface area contributed by atoms with Gasteiger partial charge in [0.15, 0.2) is 0 Å². The minimum Gasteiger partial charge on any atom is -0.496 e. The van der Waals surface area contributed by atoms with Gasteiger partial charge < -0.3 is 10.1 Å². The van der Waals surface area contributed by atoms with E-state index in [0.29, 0.717) is 28.3 Å². The first-order valence-corrected chi connectivity index (χ1v) is 9.91. The van der Waals surface area contributed by atoms with Crippen LogP contribution in [0.2, 0.25) is 0 Å². The molecule has 1 amide bonds. The highest BCUT2D eigenvalue weighted by molar-refractivity contribution is 7.12. The Morgan fingerprint density at radius 2 is 1.93 bits per heavy atom. The molecule has 1 N–H and O–H groups in total. The van der Waals surface area contributed by atoms with Gasteiger partial charge in [0.25, 0.3) is 11.5 Å². The first-order chi connectivity index (χ1) is 14.1. The zero-order valence-electron chi connectivity index (χ0n) is 16.0. The van der Waals surface area contributed by atoms with E-state index in [0.717, 1.165) is 16.5 Å². The van der Waals surface area contributed by atoms with Gasteiger partial charge in [0.2, 0.25) is 0 Å². The average Bonchev–Trinajstić information content (AvgIpc) is 3.29. The number of benzene rings is 2. The van der Waals surface area contributed by atoms with Crippen molar-refractivity contribution in [3.05, 3.63) is 80.8 Å². The van der Waals surface area contributed by atoms with Crippen LogP contribution >= 0.6 is 11.3 Å². The third-order valence-electron chi connectivity index (χ3n) is 4.69. The van der Waals surface area contributed by atoms with E-state index in [4.69, 9.17) is 4.74 Å². The van der Waals surface area contributed by atoms with Gasteiger partial charge in [0.1, 0.15) is 5.75 Å². The quantitative estimate of drug-likeness (QED) is 0.551. The molecule has 0 radical (unpaired) electrons. The molecule has 4 aromatic rings. The van der Waals surface area contributed by atoms with E-state index >= 15 is 0 Å². The fourth-order valence-electron chi connectivity index (χ4n) is 3.25. The van der Waals surface area contributed by atoms with E-state index in [9.17, 15) is 9.59 Å². The van der Waals surface area contributed by atoms with Gasteiger partial charge in [-0.2, -0.15) is 5.10 Å². The van der Waals surface area contributed by atoms with Crippen molar-refractivity contribution in [1.29, 1.82) is 0 Å². The summed E-state index contributed by atoms with van der Waals surface area (Å²) in [5.74, 6) is 0.549. The zero-order chi connectivity index (χ0) is 20.4. The highest BCUT2D eigenvalue weighted by Gasteiger charge is 2.14. The van der Waals surface area contributed by atoms with Crippen LogP contribution in [-0.4, -0.2) is 22.8 Å². The maximum Gasteiger partial charge on any atom is 0.274 e. The Kier molecular flexibility index (Phi) is 5.14. The lowest BCUT2D eigenvalue weighted by Gasteiger charge is -2.13. The maximum absolute atomic E-state index is 12.4. The molecule has 7 heteroatoms. The minimum atomic E-state index is -0.138. The van der Waals surface area contributed by atoms with Gasteiger partial charge in [-0.3, -0.25) is 9.59 Å². The fraction of sp³-hybridized carbons (Fsp3) is 0.136. The van der Waals surface area contributed by atoms with Crippen molar-refractivity contribution in [2.45, 2.75) is 6.54 Å². The van der Waals surface area contributed by atoms with Gasteiger partial charge >= 0.3 is 0 Å². The third-order valence-corrected chi connectivity index (χ3v) is 5.56. The lowest BCUT2D eigenvalue weighted by Crippen LogP contribution is -2.22. The molecule has 0 aliphatic carbocycles. The minimum absolute atomic E-state index is 0.127. The van der Waals surface area contributed by atoms with Crippen LogP contribution in [0.4, 0.5) is 0 Å². The molecule has 0 saturated heterocycles. The Hall–Kier alpha value is -3.45. The van der Waals surface area contributed by atoms with Crippen LogP contribution in [0.5, 0.6) is 5.75 Å². The molecule has 0 saturated carbocycles. The van der Waals surface area contributed by atoms with Crippen molar-refractivity contribution in [2.75, 3.05) is 7.11 Å². The van der Waals surface area contributed by atoms with E-state index in [2.05, 4.69) is 10.4 Å². The SMILES string of the molecule is COc1ccc(-c2nn(C)c(=O)c3ccccc23)cc1CNC(=O)c1cccs1. The normalized spacial score (nSPS) is 10.8. The number of aryl methyl sites for hydroxylation is 1. The molecule has 0 fully saturated rings. The number of carbonyl (C=O) groups is 1. The van der Waals surface area contributed by atoms with Crippen molar-refractivity contribution in [3.8, 4) is 17.0 Å². The highest BCUT2D eigenvalue weighted by atomic mass is 32.1. The molecule has 29 heavy (non-hydrogen) atoms. The number of aromatic nitrogens is 2. The summed E-state index contributed by atoms with van der Waals surface area (Å²) in [6, 6.07) is 16.7. The Morgan fingerprint density at radius 3 is 2.66 bits per heavy atom. The van der Waals surface area contributed by atoms with Crippen molar-refractivity contribution in [2.24, 2.45) is 7.05 Å². The van der Waals surface area contributed by atoms with E-state index in [-0.39, 0.29) is 11.5 Å². The van der Waals surface area contributed by atoms with Crippen LogP contribution < -0.4 is 15.6 Å². The number of methoxy groups -OCH3 is 1. The number of hydrogen-bond acceptors (Lipinski definition) is 5. The summed E-state index contributed by atoms with van der Waals surface area (Å²) in [5, 5.41) is 10.7. The Labute approximate surface area is 171 Å². The molecule has 0 bridgehead atoms. The molecule has 2 heterocycles. The second-order valence-corrected chi connectivity index (χ2v) is 7.46. The number of thiophene rings is 1. The smallest absolute Gasteiger partial charge is 0.274 e. The van der Waals surface area contributed by atoms with E-state index in [1.165, 1.54) is 16.0 Å². The van der Waals surface area contributed by atoms with E-state index < -0.39 is 0 Å². The Bertz CT molecular complexity index is 1250. The van der Waals surface area contributed by atoms with Gasteiger partial charge in [0, 0.05) is 30.1 Å². The van der Waals surface area contributed by atoms with Gasteiger partial charge in [-0.15, -0.1) is 11.3 Å². The molecule has 146 valence electrons. The monoisotopic (exact) mass is 405 g/mol. The van der Waals surface area contributed by atoms with Crippen molar-refractivity contribution in [3.63, 3.8) is 0 Å². The lowest BCUT2D eigenvalue weighted by molar-refractivity contribution is 0.0954. The maximum atomic E-state index is 12.4. The molecule has 2 aromatic carbocycles. The third kappa shape index (κ3) is 3.64.